The fourth-order valence-electron chi connectivity index (χ4n) is 2.30. The van der Waals surface area contributed by atoms with E-state index in [0.29, 0.717) is 11.3 Å². The van der Waals surface area contributed by atoms with Crippen LogP contribution in [0.5, 0.6) is 0 Å². The molecule has 3 N–H and O–H groups in total. The molecule has 0 bridgehead atoms. The van der Waals surface area contributed by atoms with E-state index >= 15 is 0 Å². The van der Waals surface area contributed by atoms with Crippen LogP contribution in [0, 0.1) is 0 Å². The molecule has 0 saturated heterocycles. The number of aromatic nitrogens is 5. The number of nitrogens with two attached hydrogens (primary N) is 1. The van der Waals surface area contributed by atoms with E-state index in [1.807, 2.05) is 30.3 Å². The molecule has 0 aliphatic carbocycles. The third kappa shape index (κ3) is 1.51. The Labute approximate surface area is 113 Å². The van der Waals surface area contributed by atoms with Gasteiger partial charge in [-0.05, 0) is 18.2 Å². The molecule has 0 aliphatic heterocycles. The molecule has 0 unspecified atom stereocenters. The minimum Gasteiger partial charge on any atom is -0.382 e. The van der Waals surface area contributed by atoms with Crippen LogP contribution < -0.4 is 5.73 Å². The van der Waals surface area contributed by atoms with Gasteiger partial charge in [-0.15, -0.1) is 0 Å². The third-order valence-electron chi connectivity index (χ3n) is 3.27. The number of anilines is 1. The lowest BCUT2D eigenvalue weighted by atomic mass is 10.1. The first-order chi connectivity index (χ1) is 9.83. The van der Waals surface area contributed by atoms with Crippen LogP contribution in [0.2, 0.25) is 0 Å². The van der Waals surface area contributed by atoms with Gasteiger partial charge in [-0.2, -0.15) is 5.10 Å². The Kier molecular flexibility index (Phi) is 2.17. The number of nitrogen functional groups attached to an aromatic ring is 1. The molecule has 4 rings (SSSR count). The summed E-state index contributed by atoms with van der Waals surface area (Å²) < 4.78 is 0. The highest BCUT2D eigenvalue weighted by molar-refractivity contribution is 5.95. The molecule has 0 spiro atoms. The van der Waals surface area contributed by atoms with Crippen molar-refractivity contribution in [1.29, 1.82) is 0 Å². The zero-order chi connectivity index (χ0) is 13.5. The molecule has 4 aromatic rings. The lowest BCUT2D eigenvalue weighted by Gasteiger charge is -2.05. The largest absolute Gasteiger partial charge is 0.382 e. The van der Waals surface area contributed by atoms with Crippen LogP contribution in [-0.2, 0) is 0 Å². The van der Waals surface area contributed by atoms with Gasteiger partial charge < -0.3 is 5.73 Å². The maximum atomic E-state index is 5.86. The third-order valence-corrected chi connectivity index (χ3v) is 3.27. The van der Waals surface area contributed by atoms with Gasteiger partial charge in [-0.3, -0.25) is 5.10 Å². The van der Waals surface area contributed by atoms with E-state index in [9.17, 15) is 0 Å². The summed E-state index contributed by atoms with van der Waals surface area (Å²) in [7, 11) is 0. The summed E-state index contributed by atoms with van der Waals surface area (Å²) in [5.74, 6) is 0.385. The van der Waals surface area contributed by atoms with Gasteiger partial charge in [0.05, 0.1) is 22.9 Å². The lowest BCUT2D eigenvalue weighted by molar-refractivity contribution is 1.12. The molecule has 3 aromatic heterocycles. The molecular weight excluding hydrogens is 252 g/mol. The molecule has 0 saturated carbocycles. The fourth-order valence-corrected chi connectivity index (χ4v) is 2.30. The summed E-state index contributed by atoms with van der Waals surface area (Å²) in [6.07, 6.45) is 3.23. The zero-order valence-electron chi connectivity index (χ0n) is 10.4. The average Bonchev–Trinajstić information content (AvgIpc) is 2.96. The molecule has 1 aromatic carbocycles. The van der Waals surface area contributed by atoms with Crippen molar-refractivity contribution in [3.8, 4) is 11.3 Å². The number of nitrogens with zero attached hydrogens (tertiary/aromatic N) is 4. The monoisotopic (exact) mass is 262 g/mol. The summed E-state index contributed by atoms with van der Waals surface area (Å²) >= 11 is 0. The number of aromatic amines is 1. The van der Waals surface area contributed by atoms with Crippen LogP contribution in [0.15, 0.2) is 42.9 Å². The summed E-state index contributed by atoms with van der Waals surface area (Å²) in [5, 5.41) is 8.04. The quantitative estimate of drug-likeness (QED) is 0.548. The van der Waals surface area contributed by atoms with Crippen molar-refractivity contribution in [3.63, 3.8) is 0 Å². The standard InChI is InChI=1S/C14H10N6/c15-14-13-12(16-7-17-14)5-4-10(19-13)8-2-1-3-11-9(8)6-18-20-11/h1-7H,(H,18,20)(H2,15,16,17). The van der Waals surface area contributed by atoms with E-state index in [4.69, 9.17) is 5.73 Å². The highest BCUT2D eigenvalue weighted by Gasteiger charge is 2.09. The van der Waals surface area contributed by atoms with Crippen molar-refractivity contribution in [1.82, 2.24) is 25.1 Å². The molecule has 6 heteroatoms. The van der Waals surface area contributed by atoms with Crippen molar-refractivity contribution in [2.45, 2.75) is 0 Å². The van der Waals surface area contributed by atoms with Gasteiger partial charge in [-0.1, -0.05) is 12.1 Å². The predicted molar refractivity (Wildman–Crippen MR) is 76.8 cm³/mol. The van der Waals surface area contributed by atoms with Gasteiger partial charge in [0.25, 0.3) is 0 Å². The van der Waals surface area contributed by atoms with Crippen LogP contribution in [0.1, 0.15) is 0 Å². The van der Waals surface area contributed by atoms with Crippen LogP contribution in [-0.4, -0.2) is 25.1 Å². The smallest absolute Gasteiger partial charge is 0.153 e. The van der Waals surface area contributed by atoms with E-state index in [0.717, 1.165) is 27.7 Å². The number of nitrogens with one attached hydrogen (secondary N) is 1. The van der Waals surface area contributed by atoms with Crippen molar-refractivity contribution in [2.75, 3.05) is 5.73 Å². The van der Waals surface area contributed by atoms with Gasteiger partial charge in [0.1, 0.15) is 11.8 Å². The van der Waals surface area contributed by atoms with Crippen LogP contribution in [0.3, 0.4) is 0 Å². The van der Waals surface area contributed by atoms with Gasteiger partial charge in [-0.25, -0.2) is 15.0 Å². The first-order valence-electron chi connectivity index (χ1n) is 6.12. The Morgan fingerprint density at radius 1 is 1.05 bits per heavy atom. The summed E-state index contributed by atoms with van der Waals surface area (Å²) in [5.41, 5.74) is 10.0. The van der Waals surface area contributed by atoms with Crippen LogP contribution >= 0.6 is 0 Å². The molecular formula is C14H10N6. The van der Waals surface area contributed by atoms with E-state index in [1.165, 1.54) is 6.33 Å². The number of hydrogen-bond donors (Lipinski definition) is 2. The second-order valence-corrected chi connectivity index (χ2v) is 4.46. The topological polar surface area (TPSA) is 93.4 Å². The summed E-state index contributed by atoms with van der Waals surface area (Å²) in [6.45, 7) is 0. The lowest BCUT2D eigenvalue weighted by Crippen LogP contribution is -1.96. The van der Waals surface area contributed by atoms with Crippen molar-refractivity contribution < 1.29 is 0 Å². The van der Waals surface area contributed by atoms with Crippen molar-refractivity contribution in [3.05, 3.63) is 42.9 Å². The number of hydrogen-bond acceptors (Lipinski definition) is 5. The number of H-pyrrole nitrogens is 1. The Morgan fingerprint density at radius 2 is 2.00 bits per heavy atom. The van der Waals surface area contributed by atoms with Gasteiger partial charge in [0.2, 0.25) is 0 Å². The van der Waals surface area contributed by atoms with E-state index < -0.39 is 0 Å². The first kappa shape index (κ1) is 10.9. The Hall–Kier alpha value is -3.02. The molecule has 0 atom stereocenters. The van der Waals surface area contributed by atoms with Crippen molar-refractivity contribution >= 4 is 27.8 Å². The van der Waals surface area contributed by atoms with Crippen LogP contribution in [0.25, 0.3) is 33.2 Å². The average molecular weight is 262 g/mol. The zero-order valence-corrected chi connectivity index (χ0v) is 10.4. The molecule has 3 heterocycles. The van der Waals surface area contributed by atoms with E-state index in [-0.39, 0.29) is 0 Å². The highest BCUT2D eigenvalue weighted by Crippen LogP contribution is 2.27. The Bertz CT molecular complexity index is 927. The minimum absolute atomic E-state index is 0.385. The first-order valence-corrected chi connectivity index (χ1v) is 6.12. The highest BCUT2D eigenvalue weighted by atomic mass is 15.1. The van der Waals surface area contributed by atoms with Crippen LogP contribution in [0.4, 0.5) is 5.82 Å². The second kappa shape index (κ2) is 3.99. The SMILES string of the molecule is Nc1ncnc2ccc(-c3cccc4[nH]ncc34)nc12. The normalized spacial score (nSPS) is 11.2. The molecule has 20 heavy (non-hydrogen) atoms. The number of fused-ring (bicyclic) bond motifs is 2. The molecule has 0 radical (unpaired) electrons. The Morgan fingerprint density at radius 3 is 2.95 bits per heavy atom. The predicted octanol–water partition coefficient (Wildman–Crippen LogP) is 2.15. The summed E-state index contributed by atoms with van der Waals surface area (Å²) in [4.78, 5) is 12.7. The number of rotatable bonds is 1. The summed E-state index contributed by atoms with van der Waals surface area (Å²) in [6, 6.07) is 9.77. The maximum Gasteiger partial charge on any atom is 0.153 e. The van der Waals surface area contributed by atoms with E-state index in [2.05, 4.69) is 25.1 Å². The molecule has 6 nitrogen and oxygen atoms in total. The Balaban J connectivity index is 2.03. The van der Waals surface area contributed by atoms with Gasteiger partial charge in [0.15, 0.2) is 5.82 Å². The number of pyridine rings is 1. The van der Waals surface area contributed by atoms with Gasteiger partial charge in [0, 0.05) is 10.9 Å². The van der Waals surface area contributed by atoms with E-state index in [1.54, 1.807) is 6.20 Å². The second-order valence-electron chi connectivity index (χ2n) is 4.46. The fraction of sp³-hybridized carbons (Fsp3) is 0. The molecule has 0 amide bonds. The molecule has 0 aliphatic rings. The number of benzene rings is 1. The maximum absolute atomic E-state index is 5.86. The van der Waals surface area contributed by atoms with Crippen molar-refractivity contribution in [2.24, 2.45) is 0 Å². The molecule has 0 fully saturated rings. The van der Waals surface area contributed by atoms with Gasteiger partial charge >= 0.3 is 0 Å². The molecule has 96 valence electrons. The minimum atomic E-state index is 0.385.